The van der Waals surface area contributed by atoms with Gasteiger partial charge < -0.3 is 14.8 Å². The molecular weight excluding hydrogens is 266 g/mol. The predicted molar refractivity (Wildman–Crippen MR) is 84.4 cm³/mol. The number of rotatable bonds is 8. The second kappa shape index (κ2) is 8.67. The van der Waals surface area contributed by atoms with Gasteiger partial charge in [-0.25, -0.2) is 4.79 Å². The Morgan fingerprint density at radius 3 is 2.24 bits per heavy atom. The molecule has 4 heteroatoms. The van der Waals surface area contributed by atoms with Gasteiger partial charge in [0.15, 0.2) is 0 Å². The molecule has 21 heavy (non-hydrogen) atoms. The molecule has 1 aromatic rings. The summed E-state index contributed by atoms with van der Waals surface area (Å²) in [7, 11) is 0. The third kappa shape index (κ3) is 6.17. The van der Waals surface area contributed by atoms with E-state index in [1.807, 2.05) is 45.0 Å². The van der Waals surface area contributed by atoms with Crippen molar-refractivity contribution in [1.82, 2.24) is 5.32 Å². The summed E-state index contributed by atoms with van der Waals surface area (Å²) in [4.78, 5) is 12.1. The number of benzene rings is 1. The molecule has 1 N–H and O–H groups in total. The van der Waals surface area contributed by atoms with Gasteiger partial charge in [0, 0.05) is 0 Å². The van der Waals surface area contributed by atoms with Crippen LogP contribution in [0.15, 0.2) is 24.3 Å². The van der Waals surface area contributed by atoms with Crippen LogP contribution in [0.5, 0.6) is 5.75 Å². The average Bonchev–Trinajstić information content (AvgIpc) is 2.40. The van der Waals surface area contributed by atoms with Gasteiger partial charge in [0.2, 0.25) is 0 Å². The van der Waals surface area contributed by atoms with E-state index in [0.29, 0.717) is 12.5 Å². The zero-order chi connectivity index (χ0) is 15.8. The van der Waals surface area contributed by atoms with Gasteiger partial charge in [0.25, 0.3) is 0 Å². The van der Waals surface area contributed by atoms with Crippen molar-refractivity contribution in [3.8, 4) is 5.75 Å². The number of carbonyl (C=O) groups is 1. The molecule has 4 nitrogen and oxygen atoms in total. The minimum atomic E-state index is -0.430. The Balaban J connectivity index is 2.83. The van der Waals surface area contributed by atoms with Crippen LogP contribution >= 0.6 is 0 Å². The van der Waals surface area contributed by atoms with Crippen molar-refractivity contribution in [2.45, 2.75) is 46.8 Å². The molecule has 1 aromatic carbocycles. The minimum Gasteiger partial charge on any atom is -0.491 e. The van der Waals surface area contributed by atoms with Crippen LogP contribution in [-0.4, -0.2) is 25.2 Å². The van der Waals surface area contributed by atoms with E-state index < -0.39 is 6.04 Å². The summed E-state index contributed by atoms with van der Waals surface area (Å²) in [5, 5.41) is 3.26. The van der Waals surface area contributed by atoms with E-state index in [0.717, 1.165) is 17.9 Å². The number of ether oxygens (including phenoxy) is 2. The maximum atomic E-state index is 12.1. The highest BCUT2D eigenvalue weighted by molar-refractivity contribution is 5.77. The lowest BCUT2D eigenvalue weighted by Crippen LogP contribution is -2.32. The first kappa shape index (κ1) is 17.5. The minimum absolute atomic E-state index is 0.135. The maximum absolute atomic E-state index is 12.1. The highest BCUT2D eigenvalue weighted by atomic mass is 16.5. The Morgan fingerprint density at radius 1 is 1.14 bits per heavy atom. The summed E-state index contributed by atoms with van der Waals surface area (Å²) in [5.41, 5.74) is 0.894. The fourth-order valence-corrected chi connectivity index (χ4v) is 1.93. The third-order valence-electron chi connectivity index (χ3n) is 2.84. The summed E-state index contributed by atoms with van der Waals surface area (Å²) in [5.74, 6) is 1.03. The zero-order valence-electron chi connectivity index (χ0n) is 13.7. The van der Waals surface area contributed by atoms with Crippen LogP contribution in [0.3, 0.4) is 0 Å². The summed E-state index contributed by atoms with van der Waals surface area (Å²) < 4.78 is 10.8. The van der Waals surface area contributed by atoms with E-state index >= 15 is 0 Å². The number of nitrogens with one attached hydrogen (secondary N) is 1. The van der Waals surface area contributed by atoms with E-state index in [1.54, 1.807) is 0 Å². The van der Waals surface area contributed by atoms with Gasteiger partial charge in [-0.2, -0.15) is 0 Å². The van der Waals surface area contributed by atoms with Crippen molar-refractivity contribution in [2.75, 3.05) is 13.2 Å². The van der Waals surface area contributed by atoms with Gasteiger partial charge in [0.05, 0.1) is 12.7 Å². The lowest BCUT2D eigenvalue weighted by Gasteiger charge is -2.19. The molecule has 0 fully saturated rings. The summed E-state index contributed by atoms with van der Waals surface area (Å²) >= 11 is 0. The van der Waals surface area contributed by atoms with E-state index in [4.69, 9.17) is 9.47 Å². The van der Waals surface area contributed by atoms with Crippen LogP contribution < -0.4 is 10.1 Å². The van der Waals surface area contributed by atoms with Crippen molar-refractivity contribution in [2.24, 2.45) is 5.92 Å². The van der Waals surface area contributed by atoms with Crippen LogP contribution in [0.2, 0.25) is 0 Å². The van der Waals surface area contributed by atoms with Crippen LogP contribution in [0.1, 0.15) is 46.2 Å². The van der Waals surface area contributed by atoms with Crippen LogP contribution in [0.4, 0.5) is 0 Å². The summed E-state index contributed by atoms with van der Waals surface area (Å²) in [6.07, 6.45) is 0.135. The van der Waals surface area contributed by atoms with Crippen LogP contribution in [0, 0.1) is 5.92 Å². The second-order valence-electron chi connectivity index (χ2n) is 5.72. The third-order valence-corrected chi connectivity index (χ3v) is 2.84. The number of hydrogen-bond acceptors (Lipinski definition) is 4. The first-order valence-electron chi connectivity index (χ1n) is 7.60. The fraction of sp³-hybridized carbons (Fsp3) is 0.588. The highest BCUT2D eigenvalue weighted by Crippen LogP contribution is 2.20. The van der Waals surface area contributed by atoms with Crippen molar-refractivity contribution in [3.63, 3.8) is 0 Å². The molecule has 0 heterocycles. The molecular formula is C17H27NO3. The van der Waals surface area contributed by atoms with E-state index in [2.05, 4.69) is 19.2 Å². The van der Waals surface area contributed by atoms with Crippen LogP contribution in [0.25, 0.3) is 0 Å². The molecule has 0 bridgehead atoms. The Bertz CT molecular complexity index is 426. The van der Waals surface area contributed by atoms with Gasteiger partial charge in [-0.15, -0.1) is 0 Å². The molecule has 0 aliphatic heterocycles. The average molecular weight is 293 g/mol. The molecule has 0 saturated heterocycles. The Morgan fingerprint density at radius 2 is 1.76 bits per heavy atom. The van der Waals surface area contributed by atoms with Gasteiger partial charge in [0.1, 0.15) is 11.8 Å². The molecule has 0 saturated carbocycles. The largest absolute Gasteiger partial charge is 0.491 e. The normalized spacial score (nSPS) is 12.5. The molecule has 0 radical (unpaired) electrons. The van der Waals surface area contributed by atoms with Gasteiger partial charge in [-0.05, 0) is 50.9 Å². The number of carbonyl (C=O) groups excluding carboxylic acids is 1. The maximum Gasteiger partial charge on any atom is 0.327 e. The smallest absolute Gasteiger partial charge is 0.327 e. The molecule has 118 valence electrons. The van der Waals surface area contributed by atoms with E-state index in [-0.39, 0.29) is 12.1 Å². The first-order chi connectivity index (χ1) is 9.93. The molecule has 1 unspecified atom stereocenters. The van der Waals surface area contributed by atoms with Gasteiger partial charge in [-0.3, -0.25) is 0 Å². The van der Waals surface area contributed by atoms with Crippen LogP contribution in [-0.2, 0) is 9.53 Å². The predicted octanol–water partition coefficient (Wildman–Crippen LogP) is 3.32. The van der Waals surface area contributed by atoms with Crippen molar-refractivity contribution in [1.29, 1.82) is 0 Å². The fourth-order valence-electron chi connectivity index (χ4n) is 1.93. The number of hydrogen-bond donors (Lipinski definition) is 1. The molecule has 0 spiro atoms. The number of esters is 1. The summed E-state index contributed by atoms with van der Waals surface area (Å²) in [6, 6.07) is 7.16. The first-order valence-corrected chi connectivity index (χ1v) is 7.60. The molecule has 1 atom stereocenters. The lowest BCUT2D eigenvalue weighted by molar-refractivity contribution is -0.145. The van der Waals surface area contributed by atoms with Crippen molar-refractivity contribution in [3.05, 3.63) is 29.8 Å². The topological polar surface area (TPSA) is 47.6 Å². The molecule has 0 amide bonds. The molecule has 0 aliphatic rings. The van der Waals surface area contributed by atoms with Crippen molar-refractivity contribution >= 4 is 5.97 Å². The monoisotopic (exact) mass is 293 g/mol. The van der Waals surface area contributed by atoms with Crippen molar-refractivity contribution < 1.29 is 14.3 Å². The SMILES string of the molecule is CCOC(=O)C(NCC(C)C)c1ccc(OC(C)C)cc1. The molecule has 0 aromatic heterocycles. The van der Waals surface area contributed by atoms with Gasteiger partial charge >= 0.3 is 5.97 Å². The zero-order valence-corrected chi connectivity index (χ0v) is 13.7. The quantitative estimate of drug-likeness (QED) is 0.747. The highest BCUT2D eigenvalue weighted by Gasteiger charge is 2.21. The molecule has 1 rings (SSSR count). The molecule has 0 aliphatic carbocycles. The Kier molecular flexibility index (Phi) is 7.23. The van der Waals surface area contributed by atoms with E-state index in [1.165, 1.54) is 0 Å². The van der Waals surface area contributed by atoms with E-state index in [9.17, 15) is 4.79 Å². The van der Waals surface area contributed by atoms with Gasteiger partial charge in [-0.1, -0.05) is 26.0 Å². The second-order valence-corrected chi connectivity index (χ2v) is 5.72. The summed E-state index contributed by atoms with van der Waals surface area (Å²) in [6.45, 7) is 11.1. The Hall–Kier alpha value is -1.55. The lowest BCUT2D eigenvalue weighted by atomic mass is 10.1. The standard InChI is InChI=1S/C17H27NO3/c1-6-20-17(19)16(18-11-12(2)3)14-7-9-15(10-8-14)21-13(4)5/h7-10,12-13,16,18H,6,11H2,1-5H3. The Labute approximate surface area is 127 Å².